The van der Waals surface area contributed by atoms with E-state index in [9.17, 15) is 0 Å². The van der Waals surface area contributed by atoms with Crippen LogP contribution in [-0.2, 0) is 4.74 Å². The van der Waals surface area contributed by atoms with E-state index in [-0.39, 0.29) is 0 Å². The summed E-state index contributed by atoms with van der Waals surface area (Å²) in [5, 5.41) is 0. The number of rotatable bonds is 6. The van der Waals surface area contributed by atoms with Crippen LogP contribution in [0.2, 0.25) is 0 Å². The van der Waals surface area contributed by atoms with Gasteiger partial charge < -0.3 is 4.74 Å². The molecule has 0 heterocycles. The highest BCUT2D eigenvalue weighted by Crippen LogP contribution is 1.95. The molecule has 0 unspecified atom stereocenters. The van der Waals surface area contributed by atoms with E-state index in [1.807, 2.05) is 6.92 Å². The molecule has 0 aromatic carbocycles. The van der Waals surface area contributed by atoms with Crippen LogP contribution < -0.4 is 0 Å². The van der Waals surface area contributed by atoms with Crippen LogP contribution in [0.3, 0.4) is 0 Å². The normalized spacial score (nSPS) is 9.00. The van der Waals surface area contributed by atoms with Crippen molar-refractivity contribution in [3.8, 4) is 0 Å². The second kappa shape index (κ2) is 17.2. The smallest absolute Gasteiger partial charge is 0.0463 e. The fraction of sp³-hybridized carbons (Fsp3) is 1.00. The van der Waals surface area contributed by atoms with Gasteiger partial charge in [0, 0.05) is 13.2 Å². The lowest BCUT2D eigenvalue weighted by Crippen LogP contribution is -1.88. The molecule has 0 radical (unpaired) electrons. The largest absolute Gasteiger partial charge is 0.382 e. The van der Waals surface area contributed by atoms with E-state index in [1.54, 1.807) is 0 Å². The van der Waals surface area contributed by atoms with Crippen LogP contribution in [0, 0.1) is 0 Å². The Kier molecular flexibility index (Phi) is 20.7. The van der Waals surface area contributed by atoms with Gasteiger partial charge in [0.15, 0.2) is 0 Å². The molecular weight excluding hydrogens is 148 g/mol. The molecule has 0 rings (SSSR count). The van der Waals surface area contributed by atoms with E-state index in [2.05, 4.69) is 20.8 Å². The SMILES string of the molecule is CCCCCC.CCCOCC. The van der Waals surface area contributed by atoms with Crippen LogP contribution in [0.15, 0.2) is 0 Å². The second-order valence-corrected chi connectivity index (χ2v) is 2.90. The van der Waals surface area contributed by atoms with Crippen LogP contribution in [-0.4, -0.2) is 13.2 Å². The molecule has 0 aliphatic carbocycles. The van der Waals surface area contributed by atoms with Crippen molar-refractivity contribution in [3.63, 3.8) is 0 Å². The van der Waals surface area contributed by atoms with Crippen LogP contribution in [0.4, 0.5) is 0 Å². The van der Waals surface area contributed by atoms with Crippen molar-refractivity contribution in [1.82, 2.24) is 0 Å². The number of hydrogen-bond acceptors (Lipinski definition) is 1. The van der Waals surface area contributed by atoms with E-state index < -0.39 is 0 Å². The fourth-order valence-corrected chi connectivity index (χ4v) is 0.789. The molecule has 76 valence electrons. The van der Waals surface area contributed by atoms with Gasteiger partial charge >= 0.3 is 0 Å². The van der Waals surface area contributed by atoms with Gasteiger partial charge in [-0.1, -0.05) is 46.5 Å². The lowest BCUT2D eigenvalue weighted by Gasteiger charge is -1.91. The third-order valence-electron chi connectivity index (χ3n) is 1.51. The van der Waals surface area contributed by atoms with Gasteiger partial charge in [0.1, 0.15) is 0 Å². The summed E-state index contributed by atoms with van der Waals surface area (Å²) in [5.41, 5.74) is 0. The van der Waals surface area contributed by atoms with E-state index in [4.69, 9.17) is 4.74 Å². The molecule has 0 spiro atoms. The summed E-state index contributed by atoms with van der Waals surface area (Å²) < 4.78 is 4.98. The van der Waals surface area contributed by atoms with Gasteiger partial charge in [0.05, 0.1) is 0 Å². The zero-order valence-corrected chi connectivity index (χ0v) is 9.36. The van der Waals surface area contributed by atoms with E-state index in [1.165, 1.54) is 25.7 Å². The minimum atomic E-state index is 0.855. The van der Waals surface area contributed by atoms with Crippen molar-refractivity contribution in [3.05, 3.63) is 0 Å². The van der Waals surface area contributed by atoms with E-state index >= 15 is 0 Å². The molecule has 0 saturated heterocycles. The molecular formula is C11H26O. The van der Waals surface area contributed by atoms with Gasteiger partial charge in [-0.25, -0.2) is 0 Å². The Morgan fingerprint density at radius 2 is 1.25 bits per heavy atom. The fourth-order valence-electron chi connectivity index (χ4n) is 0.789. The standard InChI is InChI=1S/C6H14.C5H12O/c2*1-3-5-6-4-2/h3-6H2,1-2H3;3-5H2,1-2H3. The Morgan fingerprint density at radius 1 is 0.750 bits per heavy atom. The summed E-state index contributed by atoms with van der Waals surface area (Å²) in [4.78, 5) is 0. The molecule has 1 heteroatoms. The average molecular weight is 174 g/mol. The third-order valence-corrected chi connectivity index (χ3v) is 1.51. The molecule has 0 aliphatic rings. The second-order valence-electron chi connectivity index (χ2n) is 2.90. The molecule has 0 aromatic rings. The molecule has 0 fully saturated rings. The summed E-state index contributed by atoms with van der Waals surface area (Å²) in [6, 6.07) is 0. The Balaban J connectivity index is 0. The number of hydrogen-bond donors (Lipinski definition) is 0. The number of unbranched alkanes of at least 4 members (excludes halogenated alkanes) is 3. The summed E-state index contributed by atoms with van der Waals surface area (Å²) in [5.74, 6) is 0. The van der Waals surface area contributed by atoms with Gasteiger partial charge in [-0.15, -0.1) is 0 Å². The first kappa shape index (κ1) is 14.5. The molecule has 0 bridgehead atoms. The molecule has 0 atom stereocenters. The molecule has 1 nitrogen and oxygen atoms in total. The predicted octanol–water partition coefficient (Wildman–Crippen LogP) is 4.02. The zero-order chi connectivity index (χ0) is 9.66. The van der Waals surface area contributed by atoms with Crippen molar-refractivity contribution in [2.45, 2.75) is 59.8 Å². The van der Waals surface area contributed by atoms with Gasteiger partial charge in [-0.2, -0.15) is 0 Å². The molecule has 0 amide bonds. The molecule has 0 aliphatic heterocycles. The summed E-state index contributed by atoms with van der Waals surface area (Å²) in [6.45, 7) is 10.3. The van der Waals surface area contributed by atoms with Gasteiger partial charge in [-0.05, 0) is 13.3 Å². The monoisotopic (exact) mass is 174 g/mol. The first-order valence-electron chi connectivity index (χ1n) is 5.41. The maximum absolute atomic E-state index is 4.98. The van der Waals surface area contributed by atoms with Gasteiger partial charge in [0.2, 0.25) is 0 Å². The van der Waals surface area contributed by atoms with Crippen LogP contribution in [0.25, 0.3) is 0 Å². The minimum absolute atomic E-state index is 0.855. The molecule has 12 heavy (non-hydrogen) atoms. The molecule has 0 N–H and O–H groups in total. The van der Waals surface area contributed by atoms with Crippen molar-refractivity contribution >= 4 is 0 Å². The highest BCUT2D eigenvalue weighted by Gasteiger charge is 1.75. The Hall–Kier alpha value is -0.0400. The molecule has 0 saturated carbocycles. The van der Waals surface area contributed by atoms with Crippen molar-refractivity contribution in [2.24, 2.45) is 0 Å². The average Bonchev–Trinajstić information content (AvgIpc) is 2.12. The Labute approximate surface area is 78.5 Å². The lowest BCUT2D eigenvalue weighted by molar-refractivity contribution is 0.148. The highest BCUT2D eigenvalue weighted by atomic mass is 16.5. The van der Waals surface area contributed by atoms with Crippen LogP contribution in [0.1, 0.15) is 59.8 Å². The summed E-state index contributed by atoms with van der Waals surface area (Å²) >= 11 is 0. The van der Waals surface area contributed by atoms with Crippen molar-refractivity contribution in [1.29, 1.82) is 0 Å². The van der Waals surface area contributed by atoms with Gasteiger partial charge in [0.25, 0.3) is 0 Å². The summed E-state index contributed by atoms with van der Waals surface area (Å²) in [6.07, 6.45) is 6.67. The Morgan fingerprint density at radius 3 is 1.42 bits per heavy atom. The summed E-state index contributed by atoms with van der Waals surface area (Å²) in [7, 11) is 0. The molecule has 0 aromatic heterocycles. The highest BCUT2D eigenvalue weighted by molar-refractivity contribution is 4.31. The first-order chi connectivity index (χ1) is 5.83. The zero-order valence-electron chi connectivity index (χ0n) is 9.36. The van der Waals surface area contributed by atoms with Crippen molar-refractivity contribution in [2.75, 3.05) is 13.2 Å². The van der Waals surface area contributed by atoms with Crippen LogP contribution in [0.5, 0.6) is 0 Å². The quantitative estimate of drug-likeness (QED) is 0.553. The Bertz CT molecular complexity index is 37.0. The maximum Gasteiger partial charge on any atom is 0.0463 e. The van der Waals surface area contributed by atoms with Crippen molar-refractivity contribution < 1.29 is 4.74 Å². The maximum atomic E-state index is 4.98. The first-order valence-corrected chi connectivity index (χ1v) is 5.41. The van der Waals surface area contributed by atoms with E-state index in [0.717, 1.165) is 19.6 Å². The number of ether oxygens (including phenoxy) is 1. The third kappa shape index (κ3) is 22.5. The topological polar surface area (TPSA) is 9.23 Å². The predicted molar refractivity (Wildman–Crippen MR) is 56.6 cm³/mol. The minimum Gasteiger partial charge on any atom is -0.382 e. The lowest BCUT2D eigenvalue weighted by atomic mass is 10.2. The van der Waals surface area contributed by atoms with E-state index in [0.29, 0.717) is 0 Å². The van der Waals surface area contributed by atoms with Gasteiger partial charge in [-0.3, -0.25) is 0 Å². The van der Waals surface area contributed by atoms with Crippen LogP contribution >= 0.6 is 0 Å².